The molecule has 0 spiro atoms. The monoisotopic (exact) mass is 446 g/mol. The van der Waals surface area contributed by atoms with Crippen LogP contribution in [-0.4, -0.2) is 28.3 Å². The molecular formula is C19H15Cl2F3N2OS. The summed E-state index contributed by atoms with van der Waals surface area (Å²) in [6.07, 6.45) is -3.71. The van der Waals surface area contributed by atoms with E-state index in [1.807, 2.05) is 0 Å². The van der Waals surface area contributed by atoms with Crippen LogP contribution < -0.4 is 0 Å². The fourth-order valence-corrected chi connectivity index (χ4v) is 4.20. The van der Waals surface area contributed by atoms with Crippen molar-refractivity contribution < 1.29 is 18.0 Å². The van der Waals surface area contributed by atoms with E-state index in [4.69, 9.17) is 23.2 Å². The van der Waals surface area contributed by atoms with Gasteiger partial charge in [0, 0.05) is 22.3 Å². The molecule has 1 saturated heterocycles. The van der Waals surface area contributed by atoms with Crippen molar-refractivity contribution in [2.45, 2.75) is 19.0 Å². The van der Waals surface area contributed by atoms with E-state index in [1.165, 1.54) is 28.8 Å². The number of rotatable bonds is 3. The van der Waals surface area contributed by atoms with Gasteiger partial charge in [-0.2, -0.15) is 13.2 Å². The Kier molecular flexibility index (Phi) is 6.58. The lowest BCUT2D eigenvalue weighted by atomic mass is 10.1. The van der Waals surface area contributed by atoms with E-state index in [2.05, 4.69) is 4.99 Å². The molecule has 148 valence electrons. The Morgan fingerprint density at radius 1 is 1.14 bits per heavy atom. The van der Waals surface area contributed by atoms with E-state index in [9.17, 15) is 18.0 Å². The summed E-state index contributed by atoms with van der Waals surface area (Å²) in [4.78, 5) is 18.6. The van der Waals surface area contributed by atoms with E-state index in [-0.39, 0.29) is 18.0 Å². The van der Waals surface area contributed by atoms with Gasteiger partial charge in [-0.05, 0) is 42.3 Å². The number of thioether (sulfide) groups is 1. The van der Waals surface area contributed by atoms with Crippen molar-refractivity contribution in [3.05, 3.63) is 63.6 Å². The van der Waals surface area contributed by atoms with Gasteiger partial charge in [0.15, 0.2) is 5.17 Å². The summed E-state index contributed by atoms with van der Waals surface area (Å²) >= 11 is 13.6. The van der Waals surface area contributed by atoms with Gasteiger partial charge < -0.3 is 0 Å². The van der Waals surface area contributed by atoms with Crippen molar-refractivity contribution in [1.82, 2.24) is 4.90 Å². The number of carbonyl (C=O) groups excluding carboxylic acids is 1. The number of carbonyl (C=O) groups is 1. The molecule has 28 heavy (non-hydrogen) atoms. The van der Waals surface area contributed by atoms with Gasteiger partial charge in [0.2, 0.25) is 5.91 Å². The van der Waals surface area contributed by atoms with Crippen LogP contribution in [0.1, 0.15) is 17.5 Å². The molecule has 0 saturated carbocycles. The quantitative estimate of drug-likeness (QED) is 0.561. The minimum atomic E-state index is -4.45. The molecule has 0 N–H and O–H groups in total. The van der Waals surface area contributed by atoms with Crippen molar-refractivity contribution in [3.8, 4) is 0 Å². The van der Waals surface area contributed by atoms with Crippen LogP contribution in [0.2, 0.25) is 10.0 Å². The van der Waals surface area contributed by atoms with Gasteiger partial charge in [-0.3, -0.25) is 9.69 Å². The summed E-state index contributed by atoms with van der Waals surface area (Å²) in [6, 6.07) is 9.72. The van der Waals surface area contributed by atoms with Crippen LogP contribution in [-0.2, 0) is 17.4 Å². The van der Waals surface area contributed by atoms with Crippen molar-refractivity contribution in [3.63, 3.8) is 0 Å². The highest BCUT2D eigenvalue weighted by molar-refractivity contribution is 8.13. The number of hydrogen-bond donors (Lipinski definition) is 0. The number of benzene rings is 2. The Morgan fingerprint density at radius 3 is 2.50 bits per heavy atom. The first-order valence-corrected chi connectivity index (χ1v) is 10.1. The largest absolute Gasteiger partial charge is 0.416 e. The lowest BCUT2D eigenvalue weighted by Gasteiger charge is -2.28. The van der Waals surface area contributed by atoms with E-state index < -0.39 is 11.7 Å². The van der Waals surface area contributed by atoms with E-state index in [0.29, 0.717) is 27.3 Å². The van der Waals surface area contributed by atoms with Crippen molar-refractivity contribution in [2.75, 3.05) is 12.3 Å². The number of hydrogen-bond acceptors (Lipinski definition) is 3. The Morgan fingerprint density at radius 2 is 1.82 bits per heavy atom. The van der Waals surface area contributed by atoms with E-state index >= 15 is 0 Å². The molecule has 0 unspecified atom stereocenters. The lowest BCUT2D eigenvalue weighted by Crippen LogP contribution is -2.40. The van der Waals surface area contributed by atoms with Gasteiger partial charge in [-0.15, -0.1) is 0 Å². The predicted molar refractivity (Wildman–Crippen MR) is 107 cm³/mol. The summed E-state index contributed by atoms with van der Waals surface area (Å²) < 4.78 is 38.8. The first kappa shape index (κ1) is 21.0. The molecule has 0 radical (unpaired) electrons. The van der Waals surface area contributed by atoms with Crippen molar-refractivity contribution in [1.29, 1.82) is 0 Å². The third-order valence-electron chi connectivity index (χ3n) is 4.08. The third-order valence-corrected chi connectivity index (χ3v) is 5.85. The molecule has 0 bridgehead atoms. The first-order valence-electron chi connectivity index (χ1n) is 8.37. The average molecular weight is 447 g/mol. The normalized spacial score (nSPS) is 16.5. The van der Waals surface area contributed by atoms with Gasteiger partial charge in [0.25, 0.3) is 0 Å². The number of amidine groups is 1. The zero-order valence-electron chi connectivity index (χ0n) is 14.5. The molecule has 1 fully saturated rings. The number of amides is 1. The van der Waals surface area contributed by atoms with Crippen LogP contribution in [0.4, 0.5) is 18.9 Å². The molecule has 1 heterocycles. The van der Waals surface area contributed by atoms with Crippen LogP contribution in [0.3, 0.4) is 0 Å². The Hall–Kier alpha value is -1.70. The van der Waals surface area contributed by atoms with Gasteiger partial charge in [-0.25, -0.2) is 4.99 Å². The molecule has 2 aromatic rings. The standard InChI is InChI=1S/C19H15Cl2F3N2OS/c20-15-6-2-7-16(21)14(15)11-17(27)26-8-3-9-28-18(26)25-13-5-1-4-12(10-13)19(22,23)24/h1-2,4-7,10H,3,8-9,11H2. The SMILES string of the molecule is O=C(Cc1c(Cl)cccc1Cl)N1CCCSC1=Nc1cccc(C(F)(F)F)c1. The van der Waals surface area contributed by atoms with Crippen LogP contribution in [0.25, 0.3) is 0 Å². The molecule has 0 aliphatic carbocycles. The van der Waals surface area contributed by atoms with Crippen molar-refractivity contribution in [2.24, 2.45) is 4.99 Å². The minimum absolute atomic E-state index is 0.0132. The Labute approximate surface area is 174 Å². The highest BCUT2D eigenvalue weighted by Gasteiger charge is 2.31. The summed E-state index contributed by atoms with van der Waals surface area (Å²) in [6.45, 7) is 0.436. The highest BCUT2D eigenvalue weighted by atomic mass is 35.5. The topological polar surface area (TPSA) is 32.7 Å². The molecule has 1 aliphatic rings. The maximum absolute atomic E-state index is 12.9. The molecule has 2 aromatic carbocycles. The Bertz CT molecular complexity index is 898. The average Bonchev–Trinajstić information content (AvgIpc) is 2.65. The second kappa shape index (κ2) is 8.76. The van der Waals surface area contributed by atoms with Gasteiger partial charge in [-0.1, -0.05) is 47.1 Å². The maximum atomic E-state index is 12.9. The molecule has 9 heteroatoms. The Balaban J connectivity index is 1.86. The summed E-state index contributed by atoms with van der Waals surface area (Å²) in [7, 11) is 0. The zero-order valence-corrected chi connectivity index (χ0v) is 16.8. The lowest BCUT2D eigenvalue weighted by molar-refractivity contribution is -0.137. The molecule has 0 atom stereocenters. The third kappa shape index (κ3) is 5.01. The molecule has 3 rings (SSSR count). The number of halogens is 5. The summed E-state index contributed by atoms with van der Waals surface area (Å²) in [5.41, 5.74) is -0.117. The van der Waals surface area contributed by atoms with Crippen LogP contribution >= 0.6 is 35.0 Å². The van der Waals surface area contributed by atoms with E-state index in [1.54, 1.807) is 18.2 Å². The van der Waals surface area contributed by atoms with Crippen LogP contribution in [0.5, 0.6) is 0 Å². The fourth-order valence-electron chi connectivity index (χ4n) is 2.69. The van der Waals surface area contributed by atoms with Gasteiger partial charge >= 0.3 is 6.18 Å². The van der Waals surface area contributed by atoms with Gasteiger partial charge in [0.05, 0.1) is 17.7 Å². The number of aliphatic imine (C=N–C) groups is 1. The zero-order chi connectivity index (χ0) is 20.3. The summed E-state index contributed by atoms with van der Waals surface area (Å²) in [5.74, 6) is 0.474. The first-order chi connectivity index (χ1) is 13.3. The highest BCUT2D eigenvalue weighted by Crippen LogP contribution is 2.32. The molecular weight excluding hydrogens is 432 g/mol. The van der Waals surface area contributed by atoms with E-state index in [0.717, 1.165) is 24.3 Å². The molecule has 1 amide bonds. The van der Waals surface area contributed by atoms with Crippen LogP contribution in [0.15, 0.2) is 47.5 Å². The molecule has 0 aromatic heterocycles. The second-order valence-electron chi connectivity index (χ2n) is 6.07. The number of nitrogens with zero attached hydrogens (tertiary/aromatic N) is 2. The van der Waals surface area contributed by atoms with Crippen molar-refractivity contribution >= 4 is 51.7 Å². The maximum Gasteiger partial charge on any atom is 0.416 e. The van der Waals surface area contributed by atoms with Crippen LogP contribution in [0, 0.1) is 0 Å². The predicted octanol–water partition coefficient (Wildman–Crippen LogP) is 6.21. The molecule has 3 nitrogen and oxygen atoms in total. The second-order valence-corrected chi connectivity index (χ2v) is 7.94. The minimum Gasteiger partial charge on any atom is -0.291 e. The molecule has 1 aliphatic heterocycles. The summed E-state index contributed by atoms with van der Waals surface area (Å²) in [5, 5.41) is 1.16. The smallest absolute Gasteiger partial charge is 0.291 e. The fraction of sp³-hybridized carbons (Fsp3) is 0.263. The number of alkyl halides is 3. The van der Waals surface area contributed by atoms with Gasteiger partial charge in [0.1, 0.15) is 0 Å².